The Bertz CT molecular complexity index is 462. The van der Waals surface area contributed by atoms with Crippen LogP contribution in [0.3, 0.4) is 0 Å². The molecule has 98 valence electrons. The van der Waals surface area contributed by atoms with Crippen molar-refractivity contribution < 1.29 is 4.92 Å². The molecule has 1 aliphatic rings. The van der Waals surface area contributed by atoms with Crippen molar-refractivity contribution in [3.8, 4) is 0 Å². The van der Waals surface area contributed by atoms with Crippen molar-refractivity contribution in [3.63, 3.8) is 0 Å². The Morgan fingerprint density at radius 3 is 3.00 bits per heavy atom. The molecule has 0 amide bonds. The molecule has 0 aliphatic carbocycles. The maximum absolute atomic E-state index is 10.7. The summed E-state index contributed by atoms with van der Waals surface area (Å²) >= 11 is 7.88. The minimum absolute atomic E-state index is 0.0324. The maximum Gasteiger partial charge on any atom is 0.288 e. The van der Waals surface area contributed by atoms with Crippen LogP contribution in [0.2, 0.25) is 5.02 Å². The molecule has 1 N–H and O–H groups in total. The minimum atomic E-state index is -0.452. The van der Waals surface area contributed by atoms with Crippen molar-refractivity contribution in [1.82, 2.24) is 0 Å². The SMILES string of the molecule is Cc1cc([N+](=O)[O-])c(Cl)cc1NCC1CCCS1. The highest BCUT2D eigenvalue weighted by atomic mass is 35.5. The molecule has 18 heavy (non-hydrogen) atoms. The summed E-state index contributed by atoms with van der Waals surface area (Å²) in [5.74, 6) is 1.23. The zero-order valence-electron chi connectivity index (χ0n) is 10.1. The van der Waals surface area contributed by atoms with Gasteiger partial charge in [0, 0.05) is 23.5 Å². The number of halogens is 1. The van der Waals surface area contributed by atoms with Crippen molar-refractivity contribution in [2.75, 3.05) is 17.6 Å². The van der Waals surface area contributed by atoms with E-state index >= 15 is 0 Å². The molecule has 0 bridgehead atoms. The normalized spacial score (nSPS) is 18.9. The van der Waals surface area contributed by atoms with Crippen LogP contribution in [0.15, 0.2) is 12.1 Å². The first-order valence-corrected chi connectivity index (χ1v) is 7.30. The molecule has 0 spiro atoms. The van der Waals surface area contributed by atoms with Gasteiger partial charge in [0.1, 0.15) is 5.02 Å². The van der Waals surface area contributed by atoms with E-state index in [9.17, 15) is 10.1 Å². The lowest BCUT2D eigenvalue weighted by Crippen LogP contribution is -2.14. The van der Waals surface area contributed by atoms with Gasteiger partial charge in [-0.15, -0.1) is 0 Å². The lowest BCUT2D eigenvalue weighted by atomic mass is 10.1. The number of anilines is 1. The van der Waals surface area contributed by atoms with Crippen LogP contribution in [0.1, 0.15) is 18.4 Å². The molecule has 0 radical (unpaired) electrons. The number of thioether (sulfide) groups is 1. The number of aryl methyl sites for hydroxylation is 1. The third-order valence-corrected chi connectivity index (χ3v) is 4.74. The zero-order chi connectivity index (χ0) is 13.1. The van der Waals surface area contributed by atoms with Gasteiger partial charge in [-0.3, -0.25) is 10.1 Å². The van der Waals surface area contributed by atoms with Gasteiger partial charge < -0.3 is 5.32 Å². The van der Waals surface area contributed by atoms with E-state index < -0.39 is 4.92 Å². The van der Waals surface area contributed by atoms with Gasteiger partial charge in [0.25, 0.3) is 5.69 Å². The lowest BCUT2D eigenvalue weighted by Gasteiger charge is -2.13. The Balaban J connectivity index is 2.08. The van der Waals surface area contributed by atoms with Gasteiger partial charge in [-0.25, -0.2) is 0 Å². The van der Waals surface area contributed by atoms with E-state index in [0.29, 0.717) is 5.25 Å². The van der Waals surface area contributed by atoms with Crippen molar-refractivity contribution in [2.45, 2.75) is 25.0 Å². The quantitative estimate of drug-likeness (QED) is 0.674. The van der Waals surface area contributed by atoms with Gasteiger partial charge in [-0.2, -0.15) is 11.8 Å². The standard InChI is InChI=1S/C12H15ClN2O2S/c1-8-5-12(15(16)17)10(13)6-11(8)14-7-9-3-2-4-18-9/h5-6,9,14H,2-4,7H2,1H3. The van der Waals surface area contributed by atoms with E-state index in [-0.39, 0.29) is 10.7 Å². The Morgan fingerprint density at radius 2 is 2.39 bits per heavy atom. The fourth-order valence-electron chi connectivity index (χ4n) is 2.03. The predicted molar refractivity (Wildman–Crippen MR) is 76.8 cm³/mol. The van der Waals surface area contributed by atoms with Gasteiger partial charge in [-0.05, 0) is 37.1 Å². The third-order valence-electron chi connectivity index (χ3n) is 3.03. The Morgan fingerprint density at radius 1 is 1.61 bits per heavy atom. The molecule has 0 aromatic heterocycles. The molecule has 2 rings (SSSR count). The fourth-order valence-corrected chi connectivity index (χ4v) is 3.46. The highest BCUT2D eigenvalue weighted by Crippen LogP contribution is 2.31. The number of nitro groups is 1. The van der Waals surface area contributed by atoms with E-state index in [1.54, 1.807) is 6.07 Å². The highest BCUT2D eigenvalue weighted by molar-refractivity contribution is 8.00. The summed E-state index contributed by atoms with van der Waals surface area (Å²) in [5.41, 5.74) is 1.71. The van der Waals surface area contributed by atoms with Crippen LogP contribution in [0.5, 0.6) is 0 Å². The molecule has 4 nitrogen and oxygen atoms in total. The van der Waals surface area contributed by atoms with Gasteiger partial charge in [0.05, 0.1) is 4.92 Å². The van der Waals surface area contributed by atoms with Crippen LogP contribution in [0.25, 0.3) is 0 Å². The monoisotopic (exact) mass is 286 g/mol. The summed E-state index contributed by atoms with van der Waals surface area (Å²) in [7, 11) is 0. The Hall–Kier alpha value is -0.940. The number of nitrogens with one attached hydrogen (secondary N) is 1. The number of hydrogen-bond donors (Lipinski definition) is 1. The average molecular weight is 287 g/mol. The molecule has 1 unspecified atom stereocenters. The Labute approximate surface area is 115 Å². The first-order chi connectivity index (χ1) is 8.58. The summed E-state index contributed by atoms with van der Waals surface area (Å²) in [4.78, 5) is 10.3. The largest absolute Gasteiger partial charge is 0.384 e. The highest BCUT2D eigenvalue weighted by Gasteiger charge is 2.18. The molecule has 1 atom stereocenters. The van der Waals surface area contributed by atoms with Crippen LogP contribution < -0.4 is 5.32 Å². The summed E-state index contributed by atoms with van der Waals surface area (Å²) in [5, 5.41) is 14.9. The molecule has 1 aromatic carbocycles. The van der Waals surface area contributed by atoms with E-state index in [0.717, 1.165) is 17.8 Å². The van der Waals surface area contributed by atoms with E-state index in [1.165, 1.54) is 24.7 Å². The summed E-state index contributed by atoms with van der Waals surface area (Å²) in [6, 6.07) is 3.17. The van der Waals surface area contributed by atoms with Gasteiger partial charge in [0.15, 0.2) is 0 Å². The molecule has 1 heterocycles. The van der Waals surface area contributed by atoms with Crippen LogP contribution in [0.4, 0.5) is 11.4 Å². The number of hydrogen-bond acceptors (Lipinski definition) is 4. The molecule has 1 saturated heterocycles. The first-order valence-electron chi connectivity index (χ1n) is 5.88. The van der Waals surface area contributed by atoms with E-state index in [2.05, 4.69) is 5.32 Å². The van der Waals surface area contributed by atoms with Crippen molar-refractivity contribution in [2.24, 2.45) is 0 Å². The van der Waals surface area contributed by atoms with Crippen LogP contribution in [-0.2, 0) is 0 Å². The van der Waals surface area contributed by atoms with Gasteiger partial charge >= 0.3 is 0 Å². The molecular weight excluding hydrogens is 272 g/mol. The predicted octanol–water partition coefficient (Wildman–Crippen LogP) is 3.86. The topological polar surface area (TPSA) is 55.2 Å². The Kier molecular flexibility index (Phi) is 4.35. The van der Waals surface area contributed by atoms with Crippen LogP contribution in [-0.4, -0.2) is 22.5 Å². The molecule has 1 aliphatic heterocycles. The summed E-state index contributed by atoms with van der Waals surface area (Å²) < 4.78 is 0. The summed E-state index contributed by atoms with van der Waals surface area (Å²) in [6.07, 6.45) is 2.51. The second-order valence-corrected chi connectivity index (χ2v) is 6.21. The molecular formula is C12H15ClN2O2S. The average Bonchev–Trinajstić information content (AvgIpc) is 2.82. The lowest BCUT2D eigenvalue weighted by molar-refractivity contribution is -0.384. The van der Waals surface area contributed by atoms with Crippen molar-refractivity contribution in [3.05, 3.63) is 32.8 Å². The number of nitrogens with zero attached hydrogens (tertiary/aromatic N) is 1. The van der Waals surface area contributed by atoms with E-state index in [1.807, 2.05) is 18.7 Å². The molecule has 0 saturated carbocycles. The zero-order valence-corrected chi connectivity index (χ0v) is 11.7. The van der Waals surface area contributed by atoms with Crippen molar-refractivity contribution in [1.29, 1.82) is 0 Å². The second kappa shape index (κ2) is 5.80. The number of nitro benzene ring substituents is 1. The van der Waals surface area contributed by atoms with Crippen LogP contribution in [0, 0.1) is 17.0 Å². The summed E-state index contributed by atoms with van der Waals surface area (Å²) in [6.45, 7) is 2.74. The number of benzene rings is 1. The smallest absolute Gasteiger partial charge is 0.288 e. The maximum atomic E-state index is 10.7. The fraction of sp³-hybridized carbons (Fsp3) is 0.500. The minimum Gasteiger partial charge on any atom is -0.384 e. The first kappa shape index (κ1) is 13.5. The van der Waals surface area contributed by atoms with E-state index in [4.69, 9.17) is 11.6 Å². The van der Waals surface area contributed by atoms with Crippen molar-refractivity contribution >= 4 is 34.7 Å². The molecule has 1 fully saturated rings. The van der Waals surface area contributed by atoms with Gasteiger partial charge in [0.2, 0.25) is 0 Å². The van der Waals surface area contributed by atoms with Crippen LogP contribution >= 0.6 is 23.4 Å². The number of rotatable bonds is 4. The molecule has 6 heteroatoms. The van der Waals surface area contributed by atoms with Gasteiger partial charge in [-0.1, -0.05) is 11.6 Å². The third kappa shape index (κ3) is 3.09. The molecule has 1 aromatic rings. The second-order valence-electron chi connectivity index (χ2n) is 4.39.